The highest BCUT2D eigenvalue weighted by Crippen LogP contribution is 2.23. The van der Waals surface area contributed by atoms with E-state index in [0.29, 0.717) is 6.61 Å². The first kappa shape index (κ1) is 20.4. The highest BCUT2D eigenvalue weighted by atomic mass is 16.6. The van der Waals surface area contributed by atoms with Crippen molar-refractivity contribution in [3.05, 3.63) is 77.9 Å². The summed E-state index contributed by atoms with van der Waals surface area (Å²) >= 11 is 0. The van der Waals surface area contributed by atoms with Gasteiger partial charge in [-0.05, 0) is 61.0 Å². The van der Waals surface area contributed by atoms with Crippen LogP contribution in [-0.2, 0) is 4.84 Å². The molecule has 0 aliphatic carbocycles. The number of methoxy groups -OCH3 is 1. The Bertz CT molecular complexity index is 968. The van der Waals surface area contributed by atoms with Crippen LogP contribution in [0.1, 0.15) is 36.8 Å². The van der Waals surface area contributed by atoms with Gasteiger partial charge in [-0.3, -0.25) is 4.90 Å². The SMILES string of the molecule is COc1ccc(C(=NOCCN2CCCCCC2)c2cccc3ccccc23)cc1. The number of nitrogens with zero attached hydrogens (tertiary/aromatic N) is 2. The molecule has 0 atom stereocenters. The van der Waals surface area contributed by atoms with Crippen LogP contribution in [0.5, 0.6) is 5.75 Å². The molecule has 4 rings (SSSR count). The summed E-state index contributed by atoms with van der Waals surface area (Å²) < 4.78 is 5.32. The third-order valence-electron chi connectivity index (χ3n) is 5.76. The van der Waals surface area contributed by atoms with Crippen molar-refractivity contribution in [2.24, 2.45) is 5.16 Å². The topological polar surface area (TPSA) is 34.1 Å². The van der Waals surface area contributed by atoms with Crippen LogP contribution >= 0.6 is 0 Å². The van der Waals surface area contributed by atoms with Gasteiger partial charge in [-0.1, -0.05) is 60.5 Å². The van der Waals surface area contributed by atoms with E-state index >= 15 is 0 Å². The monoisotopic (exact) mass is 402 g/mol. The molecule has 4 nitrogen and oxygen atoms in total. The highest BCUT2D eigenvalue weighted by molar-refractivity contribution is 6.19. The molecule has 3 aromatic carbocycles. The minimum absolute atomic E-state index is 0.602. The molecular weight excluding hydrogens is 372 g/mol. The lowest BCUT2D eigenvalue weighted by atomic mass is 9.96. The van der Waals surface area contributed by atoms with Crippen molar-refractivity contribution >= 4 is 16.5 Å². The first-order chi connectivity index (χ1) is 14.8. The van der Waals surface area contributed by atoms with Crippen LogP contribution in [0.25, 0.3) is 10.8 Å². The van der Waals surface area contributed by atoms with Gasteiger partial charge in [0.15, 0.2) is 0 Å². The van der Waals surface area contributed by atoms with Crippen LogP contribution < -0.4 is 4.74 Å². The van der Waals surface area contributed by atoms with Crippen LogP contribution in [0, 0.1) is 0 Å². The van der Waals surface area contributed by atoms with Gasteiger partial charge in [-0.2, -0.15) is 0 Å². The van der Waals surface area contributed by atoms with E-state index in [4.69, 9.17) is 9.57 Å². The Balaban J connectivity index is 1.59. The smallest absolute Gasteiger partial charge is 0.129 e. The van der Waals surface area contributed by atoms with E-state index in [0.717, 1.165) is 29.1 Å². The predicted molar refractivity (Wildman–Crippen MR) is 123 cm³/mol. The van der Waals surface area contributed by atoms with Crippen LogP contribution in [-0.4, -0.2) is 44.0 Å². The Labute approximate surface area is 179 Å². The number of likely N-dealkylation sites (tertiary alicyclic amines) is 1. The zero-order valence-corrected chi connectivity index (χ0v) is 17.7. The van der Waals surface area contributed by atoms with Crippen LogP contribution in [0.15, 0.2) is 71.9 Å². The molecule has 1 aliphatic heterocycles. The molecular formula is C26H30N2O2. The molecule has 156 valence electrons. The molecule has 4 heteroatoms. The first-order valence-electron chi connectivity index (χ1n) is 10.9. The standard InChI is InChI=1S/C26H30N2O2/c1-29-23-15-13-22(14-16-23)26(25-12-8-10-21-9-4-5-11-24(21)25)27-30-20-19-28-17-6-2-3-7-18-28/h4-5,8-16H,2-3,6-7,17-20H2,1H3. The van der Waals surface area contributed by atoms with Crippen molar-refractivity contribution in [1.29, 1.82) is 0 Å². The summed E-state index contributed by atoms with van der Waals surface area (Å²) in [5.74, 6) is 0.832. The van der Waals surface area contributed by atoms with E-state index in [2.05, 4.69) is 52.5 Å². The second kappa shape index (κ2) is 10.3. The lowest BCUT2D eigenvalue weighted by Crippen LogP contribution is -2.28. The van der Waals surface area contributed by atoms with Crippen LogP contribution in [0.2, 0.25) is 0 Å². The van der Waals surface area contributed by atoms with Crippen molar-refractivity contribution < 1.29 is 9.57 Å². The van der Waals surface area contributed by atoms with E-state index in [9.17, 15) is 0 Å². The molecule has 30 heavy (non-hydrogen) atoms. The fourth-order valence-electron chi connectivity index (χ4n) is 4.08. The lowest BCUT2D eigenvalue weighted by Gasteiger charge is -2.18. The molecule has 1 saturated heterocycles. The molecule has 0 saturated carbocycles. The van der Waals surface area contributed by atoms with Gasteiger partial charge in [0.25, 0.3) is 0 Å². The van der Waals surface area contributed by atoms with Gasteiger partial charge >= 0.3 is 0 Å². The zero-order chi connectivity index (χ0) is 20.6. The zero-order valence-electron chi connectivity index (χ0n) is 17.7. The van der Waals surface area contributed by atoms with Crippen LogP contribution in [0.4, 0.5) is 0 Å². The molecule has 0 unspecified atom stereocenters. The maximum Gasteiger partial charge on any atom is 0.129 e. The number of hydrogen-bond donors (Lipinski definition) is 0. The Kier molecular flexibility index (Phi) is 6.99. The Hall–Kier alpha value is -2.85. The Morgan fingerprint density at radius 3 is 2.37 bits per heavy atom. The molecule has 0 bridgehead atoms. The van der Waals surface area contributed by atoms with Gasteiger partial charge in [0.2, 0.25) is 0 Å². The molecule has 0 radical (unpaired) electrons. The summed E-state index contributed by atoms with van der Waals surface area (Å²) in [5.41, 5.74) is 2.94. The summed E-state index contributed by atoms with van der Waals surface area (Å²) in [6, 6.07) is 22.7. The van der Waals surface area contributed by atoms with Gasteiger partial charge < -0.3 is 9.57 Å². The Morgan fingerprint density at radius 1 is 0.867 bits per heavy atom. The van der Waals surface area contributed by atoms with Gasteiger partial charge in [0, 0.05) is 17.7 Å². The molecule has 3 aromatic rings. The largest absolute Gasteiger partial charge is 0.497 e. The molecule has 0 aromatic heterocycles. The minimum atomic E-state index is 0.602. The average molecular weight is 403 g/mol. The average Bonchev–Trinajstić information content (AvgIpc) is 3.08. The highest BCUT2D eigenvalue weighted by Gasteiger charge is 2.13. The second-order valence-corrected chi connectivity index (χ2v) is 7.78. The van der Waals surface area contributed by atoms with E-state index in [1.54, 1.807) is 7.11 Å². The molecule has 1 fully saturated rings. The maximum absolute atomic E-state index is 5.87. The molecule has 0 amide bonds. The summed E-state index contributed by atoms with van der Waals surface area (Å²) in [7, 11) is 1.68. The minimum Gasteiger partial charge on any atom is -0.497 e. The van der Waals surface area contributed by atoms with E-state index in [1.807, 2.05) is 24.3 Å². The first-order valence-corrected chi connectivity index (χ1v) is 10.9. The third kappa shape index (κ3) is 5.00. The normalized spacial score (nSPS) is 15.7. The van der Waals surface area contributed by atoms with E-state index in [1.165, 1.54) is 49.5 Å². The van der Waals surface area contributed by atoms with E-state index < -0.39 is 0 Å². The Morgan fingerprint density at radius 2 is 1.60 bits per heavy atom. The molecule has 0 spiro atoms. The fraction of sp³-hybridized carbons (Fsp3) is 0.346. The van der Waals surface area contributed by atoms with Gasteiger partial charge in [0.05, 0.1) is 7.11 Å². The number of ether oxygens (including phenoxy) is 1. The van der Waals surface area contributed by atoms with Crippen molar-refractivity contribution in [2.75, 3.05) is 33.4 Å². The summed E-state index contributed by atoms with van der Waals surface area (Å²) in [5, 5.41) is 6.99. The number of hydrogen-bond acceptors (Lipinski definition) is 4. The quantitative estimate of drug-likeness (QED) is 0.298. The van der Waals surface area contributed by atoms with Gasteiger partial charge in [-0.15, -0.1) is 0 Å². The molecule has 0 N–H and O–H groups in total. The van der Waals surface area contributed by atoms with Gasteiger partial charge in [-0.25, -0.2) is 0 Å². The summed E-state index contributed by atoms with van der Waals surface area (Å²) in [6.07, 6.45) is 5.27. The third-order valence-corrected chi connectivity index (χ3v) is 5.76. The summed E-state index contributed by atoms with van der Waals surface area (Å²) in [4.78, 5) is 8.36. The number of rotatable bonds is 7. The van der Waals surface area contributed by atoms with Crippen molar-refractivity contribution in [2.45, 2.75) is 25.7 Å². The molecule has 1 heterocycles. The second-order valence-electron chi connectivity index (χ2n) is 7.78. The predicted octanol–water partition coefficient (Wildman–Crippen LogP) is 5.49. The number of fused-ring (bicyclic) bond motifs is 1. The van der Waals surface area contributed by atoms with E-state index in [-0.39, 0.29) is 0 Å². The number of benzene rings is 3. The van der Waals surface area contributed by atoms with Crippen molar-refractivity contribution in [3.8, 4) is 5.75 Å². The number of oxime groups is 1. The van der Waals surface area contributed by atoms with Crippen molar-refractivity contribution in [3.63, 3.8) is 0 Å². The lowest BCUT2D eigenvalue weighted by molar-refractivity contribution is 0.112. The van der Waals surface area contributed by atoms with Gasteiger partial charge in [0.1, 0.15) is 18.1 Å². The summed E-state index contributed by atoms with van der Waals surface area (Å²) in [6.45, 7) is 3.86. The van der Waals surface area contributed by atoms with Crippen LogP contribution in [0.3, 0.4) is 0 Å². The maximum atomic E-state index is 5.87. The van der Waals surface area contributed by atoms with Crippen molar-refractivity contribution in [1.82, 2.24) is 4.90 Å². The molecule has 1 aliphatic rings. The fourth-order valence-corrected chi connectivity index (χ4v) is 4.08.